The van der Waals surface area contributed by atoms with Crippen LogP contribution in [0.5, 0.6) is 11.5 Å². The lowest BCUT2D eigenvalue weighted by molar-refractivity contribution is 0.174. The van der Waals surface area contributed by atoms with Gasteiger partial charge in [-0.15, -0.1) is 0 Å². The second-order valence-corrected chi connectivity index (χ2v) is 6.52. The zero-order valence-corrected chi connectivity index (χ0v) is 14.5. The van der Waals surface area contributed by atoms with Crippen molar-refractivity contribution in [2.75, 3.05) is 6.79 Å². The van der Waals surface area contributed by atoms with Crippen molar-refractivity contribution < 1.29 is 9.47 Å². The molecule has 1 aliphatic rings. The third-order valence-corrected chi connectivity index (χ3v) is 4.65. The van der Waals surface area contributed by atoms with Crippen LogP contribution in [0.3, 0.4) is 0 Å². The summed E-state index contributed by atoms with van der Waals surface area (Å²) < 4.78 is 10.8. The Hall–Kier alpha value is -2.55. The van der Waals surface area contributed by atoms with Crippen LogP contribution in [0.1, 0.15) is 38.2 Å². The molecule has 0 atom stereocenters. The Labute approximate surface area is 148 Å². The van der Waals surface area contributed by atoms with Gasteiger partial charge in [-0.25, -0.2) is 4.98 Å². The Balaban J connectivity index is 1.56. The minimum atomic E-state index is 0.290. The van der Waals surface area contributed by atoms with Gasteiger partial charge in [-0.05, 0) is 54.8 Å². The first kappa shape index (κ1) is 15.9. The predicted octanol–water partition coefficient (Wildman–Crippen LogP) is 5.55. The van der Waals surface area contributed by atoms with Gasteiger partial charge in [-0.1, -0.05) is 32.3 Å². The van der Waals surface area contributed by atoms with Crippen molar-refractivity contribution in [3.05, 3.63) is 54.1 Å². The second-order valence-electron chi connectivity index (χ2n) is 6.52. The molecule has 0 saturated carbocycles. The van der Waals surface area contributed by atoms with Gasteiger partial charge >= 0.3 is 0 Å². The van der Waals surface area contributed by atoms with Gasteiger partial charge in [-0.2, -0.15) is 0 Å². The lowest BCUT2D eigenvalue weighted by Crippen LogP contribution is -1.92. The Morgan fingerprint density at radius 3 is 2.84 bits per heavy atom. The van der Waals surface area contributed by atoms with E-state index in [1.165, 1.54) is 31.2 Å². The first-order valence-electron chi connectivity index (χ1n) is 9.05. The van der Waals surface area contributed by atoms with Gasteiger partial charge in [0.05, 0.1) is 11.2 Å². The molecule has 127 valence electrons. The number of fused-ring (bicyclic) bond motifs is 2. The smallest absolute Gasteiger partial charge is 0.231 e. The summed E-state index contributed by atoms with van der Waals surface area (Å²) in [5.41, 5.74) is 4.22. The van der Waals surface area contributed by atoms with Crippen LogP contribution in [0.4, 0.5) is 0 Å². The largest absolute Gasteiger partial charge is 0.454 e. The maximum Gasteiger partial charge on any atom is 0.231 e. The van der Waals surface area contributed by atoms with Gasteiger partial charge in [0.15, 0.2) is 11.5 Å². The number of benzene rings is 2. The molecule has 2 aromatic carbocycles. The zero-order chi connectivity index (χ0) is 17.1. The molecule has 1 radical (unpaired) electrons. The van der Waals surface area contributed by atoms with Crippen LogP contribution in [0, 0.1) is 6.07 Å². The normalized spacial score (nSPS) is 12.7. The summed E-state index contributed by atoms with van der Waals surface area (Å²) in [5, 5.41) is 1.15. The Morgan fingerprint density at radius 2 is 1.92 bits per heavy atom. The maximum absolute atomic E-state index is 5.46. The first-order chi connectivity index (χ1) is 12.3. The van der Waals surface area contributed by atoms with Gasteiger partial charge < -0.3 is 9.47 Å². The SMILES string of the molecule is CCCCCCc1c[c]c2nc(-c3ccc4c(c3)OCO4)ccc2c1. The number of hydrogen-bond acceptors (Lipinski definition) is 3. The van der Waals surface area contributed by atoms with E-state index in [0.29, 0.717) is 6.79 Å². The molecule has 3 aromatic rings. The fraction of sp³-hybridized carbons (Fsp3) is 0.318. The van der Waals surface area contributed by atoms with Crippen molar-refractivity contribution in [2.24, 2.45) is 0 Å². The molecule has 0 fully saturated rings. The van der Waals surface area contributed by atoms with Crippen LogP contribution < -0.4 is 9.47 Å². The quantitative estimate of drug-likeness (QED) is 0.554. The topological polar surface area (TPSA) is 31.4 Å². The van der Waals surface area contributed by atoms with Crippen molar-refractivity contribution in [3.8, 4) is 22.8 Å². The van der Waals surface area contributed by atoms with E-state index in [0.717, 1.165) is 40.1 Å². The highest BCUT2D eigenvalue weighted by atomic mass is 16.7. The zero-order valence-electron chi connectivity index (χ0n) is 14.5. The standard InChI is InChI=1S/C22H22NO2/c1-2-3-4-5-6-16-7-10-19-17(13-16)8-11-20(23-19)18-9-12-21-22(14-18)25-15-24-21/h7-9,11-14H,2-6,15H2,1H3. The molecular formula is C22H22NO2. The number of rotatable bonds is 6. The molecule has 0 unspecified atom stereocenters. The highest BCUT2D eigenvalue weighted by molar-refractivity contribution is 5.82. The van der Waals surface area contributed by atoms with E-state index < -0.39 is 0 Å². The van der Waals surface area contributed by atoms with Crippen molar-refractivity contribution in [2.45, 2.75) is 39.0 Å². The summed E-state index contributed by atoms with van der Waals surface area (Å²) in [4.78, 5) is 4.77. The number of aromatic nitrogens is 1. The predicted molar refractivity (Wildman–Crippen MR) is 100.0 cm³/mol. The van der Waals surface area contributed by atoms with Crippen LogP contribution in [0.2, 0.25) is 0 Å². The van der Waals surface area contributed by atoms with E-state index in [-0.39, 0.29) is 0 Å². The van der Waals surface area contributed by atoms with E-state index in [9.17, 15) is 0 Å². The van der Waals surface area contributed by atoms with Crippen molar-refractivity contribution in [3.63, 3.8) is 0 Å². The Morgan fingerprint density at radius 1 is 1.00 bits per heavy atom. The third kappa shape index (κ3) is 3.46. The van der Waals surface area contributed by atoms with E-state index in [1.54, 1.807) is 0 Å². The summed E-state index contributed by atoms with van der Waals surface area (Å²) in [6.45, 7) is 2.53. The lowest BCUT2D eigenvalue weighted by Gasteiger charge is -2.06. The minimum Gasteiger partial charge on any atom is -0.454 e. The number of unbranched alkanes of at least 4 members (excludes halogenated alkanes) is 3. The Kier molecular flexibility index (Phi) is 4.55. The number of nitrogens with zero attached hydrogens (tertiary/aromatic N) is 1. The molecule has 0 bridgehead atoms. The van der Waals surface area contributed by atoms with E-state index in [2.05, 4.69) is 37.3 Å². The summed E-state index contributed by atoms with van der Waals surface area (Å²) >= 11 is 0. The Bertz CT molecular complexity index is 888. The van der Waals surface area contributed by atoms with Crippen LogP contribution in [-0.4, -0.2) is 11.8 Å². The summed E-state index contributed by atoms with van der Waals surface area (Å²) in [6, 6.07) is 17.8. The summed E-state index contributed by atoms with van der Waals surface area (Å²) in [6.07, 6.45) is 6.26. The van der Waals surface area contributed by atoms with Crippen LogP contribution in [0.25, 0.3) is 22.2 Å². The molecule has 0 N–H and O–H groups in total. The van der Waals surface area contributed by atoms with Crippen molar-refractivity contribution >= 4 is 10.9 Å². The molecule has 2 heterocycles. The average Bonchev–Trinajstić information content (AvgIpc) is 3.12. The number of ether oxygens (including phenoxy) is 2. The molecule has 0 amide bonds. The van der Waals surface area contributed by atoms with Crippen LogP contribution in [-0.2, 0) is 6.42 Å². The number of hydrogen-bond donors (Lipinski definition) is 0. The van der Waals surface area contributed by atoms with Gasteiger partial charge in [-0.3, -0.25) is 0 Å². The number of pyridine rings is 1. The fourth-order valence-electron chi connectivity index (χ4n) is 3.22. The highest BCUT2D eigenvalue weighted by Gasteiger charge is 2.14. The van der Waals surface area contributed by atoms with Gasteiger partial charge in [0.2, 0.25) is 6.79 Å². The molecule has 3 heteroatoms. The average molecular weight is 332 g/mol. The third-order valence-electron chi connectivity index (χ3n) is 4.65. The van der Waals surface area contributed by atoms with Gasteiger partial charge in [0, 0.05) is 17.0 Å². The lowest BCUT2D eigenvalue weighted by atomic mass is 10.0. The van der Waals surface area contributed by atoms with Gasteiger partial charge in [0.1, 0.15) is 0 Å². The maximum atomic E-state index is 5.46. The molecule has 3 nitrogen and oxygen atoms in total. The van der Waals surface area contributed by atoms with E-state index in [4.69, 9.17) is 14.5 Å². The first-order valence-corrected chi connectivity index (χ1v) is 9.05. The monoisotopic (exact) mass is 332 g/mol. The molecular weight excluding hydrogens is 310 g/mol. The van der Waals surface area contributed by atoms with E-state index >= 15 is 0 Å². The minimum absolute atomic E-state index is 0.290. The highest BCUT2D eigenvalue weighted by Crippen LogP contribution is 2.35. The summed E-state index contributed by atoms with van der Waals surface area (Å²) in [5.74, 6) is 1.58. The molecule has 0 saturated heterocycles. The van der Waals surface area contributed by atoms with Crippen LogP contribution in [0.15, 0.2) is 42.5 Å². The van der Waals surface area contributed by atoms with E-state index in [1.807, 2.05) is 18.2 Å². The van der Waals surface area contributed by atoms with Gasteiger partial charge in [0.25, 0.3) is 0 Å². The fourth-order valence-corrected chi connectivity index (χ4v) is 3.22. The van der Waals surface area contributed by atoms with Crippen LogP contribution >= 0.6 is 0 Å². The number of aryl methyl sites for hydroxylation is 1. The molecule has 1 aliphatic heterocycles. The molecule has 1 aromatic heterocycles. The molecule has 25 heavy (non-hydrogen) atoms. The van der Waals surface area contributed by atoms with Crippen molar-refractivity contribution in [1.82, 2.24) is 4.98 Å². The molecule has 0 spiro atoms. The molecule has 4 rings (SSSR count). The molecule has 0 aliphatic carbocycles. The second kappa shape index (κ2) is 7.14. The van der Waals surface area contributed by atoms with Crippen molar-refractivity contribution in [1.29, 1.82) is 0 Å². The summed E-state index contributed by atoms with van der Waals surface area (Å²) in [7, 11) is 0.